The third-order valence-electron chi connectivity index (χ3n) is 2.52. The summed E-state index contributed by atoms with van der Waals surface area (Å²) in [5.74, 6) is 0.0467. The highest BCUT2D eigenvalue weighted by Crippen LogP contribution is 1.95. The Hall–Kier alpha value is -1.43. The van der Waals surface area contributed by atoms with Crippen LogP contribution in [0.15, 0.2) is 6.20 Å². The lowest BCUT2D eigenvalue weighted by Gasteiger charge is -2.13. The molecule has 0 aromatic carbocycles. The minimum atomic E-state index is 0.0467. The maximum atomic E-state index is 11.6. The van der Waals surface area contributed by atoms with E-state index in [0.717, 1.165) is 18.7 Å². The number of amides is 1. The van der Waals surface area contributed by atoms with Crippen molar-refractivity contribution in [2.24, 2.45) is 0 Å². The number of rotatable bonds is 7. The Kier molecular flexibility index (Phi) is 5.62. The zero-order chi connectivity index (χ0) is 12.7. The van der Waals surface area contributed by atoms with Crippen LogP contribution in [-0.2, 0) is 17.9 Å². The maximum Gasteiger partial charge on any atom is 0.244 e. The first-order valence-electron chi connectivity index (χ1n) is 6.01. The van der Waals surface area contributed by atoms with Gasteiger partial charge in [-0.25, -0.2) is 4.68 Å². The monoisotopic (exact) mass is 239 g/mol. The molecule has 1 N–H and O–H groups in total. The van der Waals surface area contributed by atoms with E-state index in [1.165, 1.54) is 0 Å². The van der Waals surface area contributed by atoms with Gasteiger partial charge in [-0.15, -0.1) is 5.10 Å². The summed E-state index contributed by atoms with van der Waals surface area (Å²) in [6.45, 7) is 6.68. The van der Waals surface area contributed by atoms with Gasteiger partial charge in [0.15, 0.2) is 0 Å². The summed E-state index contributed by atoms with van der Waals surface area (Å²) in [6.07, 6.45) is 2.90. The minimum Gasteiger partial charge on any atom is -0.344 e. The van der Waals surface area contributed by atoms with Gasteiger partial charge in [0.25, 0.3) is 0 Å². The molecule has 1 aromatic rings. The van der Waals surface area contributed by atoms with Crippen LogP contribution in [0, 0.1) is 0 Å². The summed E-state index contributed by atoms with van der Waals surface area (Å²) in [4.78, 5) is 13.3. The van der Waals surface area contributed by atoms with Gasteiger partial charge in [-0.05, 0) is 19.9 Å². The lowest BCUT2D eigenvalue weighted by molar-refractivity contribution is -0.130. The molecule has 0 aliphatic rings. The molecular formula is C11H21N5O. The van der Waals surface area contributed by atoms with E-state index in [-0.39, 0.29) is 12.5 Å². The fourth-order valence-corrected chi connectivity index (χ4v) is 1.33. The fraction of sp³-hybridized carbons (Fsp3) is 0.727. The van der Waals surface area contributed by atoms with E-state index in [1.807, 2.05) is 13.1 Å². The molecule has 17 heavy (non-hydrogen) atoms. The van der Waals surface area contributed by atoms with E-state index in [1.54, 1.807) is 16.6 Å². The van der Waals surface area contributed by atoms with Crippen LogP contribution in [0.1, 0.15) is 26.0 Å². The second-order valence-electron chi connectivity index (χ2n) is 3.99. The van der Waals surface area contributed by atoms with Gasteiger partial charge in [-0.1, -0.05) is 12.1 Å². The Morgan fingerprint density at radius 1 is 1.53 bits per heavy atom. The molecular weight excluding hydrogens is 218 g/mol. The Morgan fingerprint density at radius 2 is 2.29 bits per heavy atom. The first kappa shape index (κ1) is 13.6. The zero-order valence-electron chi connectivity index (χ0n) is 10.8. The van der Waals surface area contributed by atoms with Gasteiger partial charge in [0.2, 0.25) is 5.91 Å². The van der Waals surface area contributed by atoms with Crippen molar-refractivity contribution in [2.45, 2.75) is 33.4 Å². The molecule has 0 bridgehead atoms. The molecule has 6 nitrogen and oxygen atoms in total. The van der Waals surface area contributed by atoms with Gasteiger partial charge in [0.05, 0.1) is 11.9 Å². The van der Waals surface area contributed by atoms with Gasteiger partial charge in [-0.2, -0.15) is 0 Å². The van der Waals surface area contributed by atoms with E-state index in [4.69, 9.17) is 0 Å². The Bertz CT molecular complexity index is 349. The van der Waals surface area contributed by atoms with E-state index >= 15 is 0 Å². The van der Waals surface area contributed by atoms with Gasteiger partial charge in [-0.3, -0.25) is 4.79 Å². The van der Waals surface area contributed by atoms with Crippen LogP contribution < -0.4 is 5.32 Å². The molecule has 0 saturated heterocycles. The van der Waals surface area contributed by atoms with Crippen molar-refractivity contribution in [1.29, 1.82) is 0 Å². The number of nitrogens with one attached hydrogen (secondary N) is 1. The largest absolute Gasteiger partial charge is 0.344 e. The van der Waals surface area contributed by atoms with Crippen molar-refractivity contribution in [3.63, 3.8) is 0 Å². The topological polar surface area (TPSA) is 63.1 Å². The molecule has 0 atom stereocenters. The Balaban J connectivity index is 2.42. The van der Waals surface area contributed by atoms with Crippen molar-refractivity contribution in [3.8, 4) is 0 Å². The van der Waals surface area contributed by atoms with Crippen molar-refractivity contribution in [1.82, 2.24) is 25.2 Å². The number of likely N-dealkylation sites (N-methyl/N-ethyl adjacent to an activating group) is 1. The minimum absolute atomic E-state index is 0.0467. The van der Waals surface area contributed by atoms with E-state index in [2.05, 4.69) is 22.6 Å². The summed E-state index contributed by atoms with van der Waals surface area (Å²) >= 11 is 0. The molecule has 1 amide bonds. The predicted molar refractivity (Wildman–Crippen MR) is 65.3 cm³/mol. The van der Waals surface area contributed by atoms with Crippen molar-refractivity contribution < 1.29 is 4.79 Å². The highest BCUT2D eigenvalue weighted by atomic mass is 16.2. The SMILES string of the molecule is CCCNCc1cn(CC(=O)N(C)CC)nn1. The maximum absolute atomic E-state index is 11.6. The smallest absolute Gasteiger partial charge is 0.244 e. The summed E-state index contributed by atoms with van der Waals surface area (Å²) in [6, 6.07) is 0. The van der Waals surface area contributed by atoms with Crippen LogP contribution in [0.4, 0.5) is 0 Å². The Morgan fingerprint density at radius 3 is 2.94 bits per heavy atom. The number of hydrogen-bond acceptors (Lipinski definition) is 4. The van der Waals surface area contributed by atoms with Crippen LogP contribution in [0.2, 0.25) is 0 Å². The lowest BCUT2D eigenvalue weighted by Crippen LogP contribution is -2.30. The number of nitrogens with zero attached hydrogens (tertiary/aromatic N) is 4. The summed E-state index contributed by atoms with van der Waals surface area (Å²) in [5.41, 5.74) is 0.866. The number of carbonyl (C=O) groups is 1. The third kappa shape index (κ3) is 4.52. The van der Waals surface area contributed by atoms with Crippen LogP contribution in [0.3, 0.4) is 0 Å². The quantitative estimate of drug-likeness (QED) is 0.693. The molecule has 0 saturated carbocycles. The fourth-order valence-electron chi connectivity index (χ4n) is 1.33. The van der Waals surface area contributed by atoms with E-state index in [9.17, 15) is 4.79 Å². The lowest BCUT2D eigenvalue weighted by atomic mass is 10.4. The number of aromatic nitrogens is 3. The molecule has 0 aliphatic heterocycles. The zero-order valence-corrected chi connectivity index (χ0v) is 10.8. The van der Waals surface area contributed by atoms with Crippen molar-refractivity contribution >= 4 is 5.91 Å². The standard InChI is InChI=1S/C11H21N5O/c1-4-6-12-7-10-8-16(14-13-10)9-11(17)15(3)5-2/h8,12H,4-7,9H2,1-3H3. The van der Waals surface area contributed by atoms with Gasteiger partial charge < -0.3 is 10.2 Å². The molecule has 96 valence electrons. The highest BCUT2D eigenvalue weighted by Gasteiger charge is 2.09. The van der Waals surface area contributed by atoms with Crippen molar-refractivity contribution in [2.75, 3.05) is 20.1 Å². The van der Waals surface area contributed by atoms with E-state index < -0.39 is 0 Å². The molecule has 6 heteroatoms. The highest BCUT2D eigenvalue weighted by molar-refractivity contribution is 5.75. The van der Waals surface area contributed by atoms with Gasteiger partial charge >= 0.3 is 0 Å². The molecule has 0 fully saturated rings. The number of carbonyl (C=O) groups excluding carboxylic acids is 1. The van der Waals surface area contributed by atoms with Crippen LogP contribution >= 0.6 is 0 Å². The van der Waals surface area contributed by atoms with Crippen LogP contribution in [0.25, 0.3) is 0 Å². The Labute approximate surface area is 102 Å². The first-order chi connectivity index (χ1) is 8.17. The molecule has 1 heterocycles. The van der Waals surface area contributed by atoms with Gasteiger partial charge in [0, 0.05) is 20.1 Å². The molecule has 1 aromatic heterocycles. The second-order valence-corrected chi connectivity index (χ2v) is 3.99. The van der Waals surface area contributed by atoms with E-state index in [0.29, 0.717) is 13.1 Å². The predicted octanol–water partition coefficient (Wildman–Crippen LogP) is 0.256. The van der Waals surface area contributed by atoms with Crippen LogP contribution in [0.5, 0.6) is 0 Å². The summed E-state index contributed by atoms with van der Waals surface area (Å²) in [7, 11) is 1.78. The van der Waals surface area contributed by atoms with Crippen molar-refractivity contribution in [3.05, 3.63) is 11.9 Å². The first-order valence-corrected chi connectivity index (χ1v) is 6.01. The molecule has 1 rings (SSSR count). The second kappa shape index (κ2) is 7.01. The summed E-state index contributed by atoms with van der Waals surface area (Å²) < 4.78 is 1.58. The third-order valence-corrected chi connectivity index (χ3v) is 2.52. The van der Waals surface area contributed by atoms with Gasteiger partial charge in [0.1, 0.15) is 6.54 Å². The van der Waals surface area contributed by atoms with Crippen LogP contribution in [-0.4, -0.2) is 45.9 Å². The molecule has 0 unspecified atom stereocenters. The molecule has 0 aliphatic carbocycles. The number of hydrogen-bond donors (Lipinski definition) is 1. The average molecular weight is 239 g/mol. The average Bonchev–Trinajstić information content (AvgIpc) is 2.76. The summed E-state index contributed by atoms with van der Waals surface area (Å²) in [5, 5.41) is 11.2. The molecule has 0 radical (unpaired) electrons. The molecule has 0 spiro atoms. The normalized spacial score (nSPS) is 10.5.